The van der Waals surface area contributed by atoms with E-state index in [-0.39, 0.29) is 11.9 Å². The zero-order chi connectivity index (χ0) is 15.3. The average molecular weight is 298 g/mol. The Morgan fingerprint density at radius 2 is 2.05 bits per heavy atom. The summed E-state index contributed by atoms with van der Waals surface area (Å²) in [6.45, 7) is 4.66. The van der Waals surface area contributed by atoms with Gasteiger partial charge in [-0.25, -0.2) is 4.79 Å². The Kier molecular flexibility index (Phi) is 6.16. The summed E-state index contributed by atoms with van der Waals surface area (Å²) in [4.78, 5) is 25.4. The van der Waals surface area contributed by atoms with Gasteiger partial charge < -0.3 is 15.3 Å². The number of carboxylic acids is 1. The van der Waals surface area contributed by atoms with Crippen LogP contribution in [0.25, 0.3) is 0 Å². The average Bonchev–Trinajstić information content (AvgIpc) is 2.81. The van der Waals surface area contributed by atoms with Crippen LogP contribution in [-0.4, -0.2) is 42.0 Å². The number of rotatable bonds is 7. The molecule has 0 fully saturated rings. The van der Waals surface area contributed by atoms with Gasteiger partial charge in [-0.15, -0.1) is 11.3 Å². The highest BCUT2D eigenvalue weighted by Gasteiger charge is 2.21. The maximum atomic E-state index is 12.1. The van der Waals surface area contributed by atoms with Gasteiger partial charge >= 0.3 is 5.97 Å². The van der Waals surface area contributed by atoms with Gasteiger partial charge in [-0.1, -0.05) is 13.8 Å². The Morgan fingerprint density at radius 1 is 1.40 bits per heavy atom. The van der Waals surface area contributed by atoms with Gasteiger partial charge in [-0.3, -0.25) is 4.79 Å². The lowest BCUT2D eigenvalue weighted by molar-refractivity contribution is -0.131. The molecule has 0 saturated heterocycles. The molecule has 0 aliphatic heterocycles. The molecule has 6 heteroatoms. The number of carboxylic acid groups (broad SMARTS) is 1. The zero-order valence-electron chi connectivity index (χ0n) is 12.3. The molecule has 112 valence electrons. The van der Waals surface area contributed by atoms with Gasteiger partial charge in [0.05, 0.1) is 11.6 Å². The van der Waals surface area contributed by atoms with Crippen molar-refractivity contribution >= 4 is 23.2 Å². The molecule has 0 spiro atoms. The largest absolute Gasteiger partial charge is 0.478 e. The van der Waals surface area contributed by atoms with Crippen LogP contribution in [0.5, 0.6) is 0 Å². The molecule has 5 nitrogen and oxygen atoms in total. The molecular formula is C14H22N2O3S. The molecule has 0 aliphatic rings. The van der Waals surface area contributed by atoms with Crippen molar-refractivity contribution in [3.8, 4) is 0 Å². The van der Waals surface area contributed by atoms with E-state index >= 15 is 0 Å². The van der Waals surface area contributed by atoms with Crippen molar-refractivity contribution < 1.29 is 14.7 Å². The van der Waals surface area contributed by atoms with Crippen LogP contribution in [0.2, 0.25) is 0 Å². The van der Waals surface area contributed by atoms with Gasteiger partial charge in [-0.2, -0.15) is 0 Å². The fourth-order valence-electron chi connectivity index (χ4n) is 1.86. The first-order valence-corrected chi connectivity index (χ1v) is 7.44. The molecule has 1 rings (SSSR count). The third-order valence-electron chi connectivity index (χ3n) is 2.87. The molecule has 1 aromatic heterocycles. The number of nitrogens with zero attached hydrogens (tertiary/aromatic N) is 1. The smallest absolute Gasteiger partial charge is 0.336 e. The van der Waals surface area contributed by atoms with Crippen LogP contribution >= 0.6 is 11.3 Å². The molecule has 1 heterocycles. The first kappa shape index (κ1) is 16.7. The summed E-state index contributed by atoms with van der Waals surface area (Å²) in [6.07, 6.45) is 0.758. The predicted molar refractivity (Wildman–Crippen MR) is 80.1 cm³/mol. The third-order valence-corrected chi connectivity index (χ3v) is 3.81. The zero-order valence-corrected chi connectivity index (χ0v) is 13.2. The van der Waals surface area contributed by atoms with Crippen LogP contribution in [-0.2, 0) is 11.3 Å². The molecule has 0 saturated carbocycles. The van der Waals surface area contributed by atoms with E-state index in [1.54, 1.807) is 30.4 Å². The minimum atomic E-state index is -0.921. The summed E-state index contributed by atoms with van der Waals surface area (Å²) in [6, 6.07) is 1.41. The highest BCUT2D eigenvalue weighted by Crippen LogP contribution is 2.15. The van der Waals surface area contributed by atoms with Crippen LogP contribution in [0.15, 0.2) is 11.4 Å². The normalized spacial score (nSPS) is 12.4. The number of hydrogen-bond acceptors (Lipinski definition) is 4. The van der Waals surface area contributed by atoms with E-state index in [4.69, 9.17) is 5.11 Å². The van der Waals surface area contributed by atoms with Gasteiger partial charge in [0.25, 0.3) is 0 Å². The highest BCUT2D eigenvalue weighted by atomic mass is 32.1. The molecule has 1 amide bonds. The van der Waals surface area contributed by atoms with E-state index in [9.17, 15) is 9.59 Å². The number of hydrogen-bond donors (Lipinski definition) is 2. The van der Waals surface area contributed by atoms with Crippen molar-refractivity contribution in [2.75, 3.05) is 14.1 Å². The van der Waals surface area contributed by atoms with Gasteiger partial charge in [-0.05, 0) is 18.4 Å². The summed E-state index contributed by atoms with van der Waals surface area (Å²) in [7, 11) is 3.48. The molecule has 1 unspecified atom stereocenters. The molecule has 0 aromatic carbocycles. The van der Waals surface area contributed by atoms with Gasteiger partial charge in [0.1, 0.15) is 0 Å². The van der Waals surface area contributed by atoms with Crippen molar-refractivity contribution in [3.63, 3.8) is 0 Å². The molecule has 0 bridgehead atoms. The number of nitrogens with one attached hydrogen (secondary N) is 1. The lowest BCUT2D eigenvalue weighted by Crippen LogP contribution is -2.44. The van der Waals surface area contributed by atoms with E-state index in [0.29, 0.717) is 18.0 Å². The van der Waals surface area contributed by atoms with Crippen LogP contribution in [0.4, 0.5) is 0 Å². The lowest BCUT2D eigenvalue weighted by Gasteiger charge is -2.23. The standard InChI is InChI=1S/C14H22N2O3S/c1-9(2)5-12(13(17)16(3)4)15-7-11-6-10(8-20-11)14(18)19/h6,8-9,12,15H,5,7H2,1-4H3,(H,18,19). The van der Waals surface area contributed by atoms with Crippen LogP contribution in [0.1, 0.15) is 35.5 Å². The van der Waals surface area contributed by atoms with Crippen LogP contribution < -0.4 is 5.32 Å². The Balaban J connectivity index is 2.65. The molecule has 1 aromatic rings. The van der Waals surface area contributed by atoms with Gasteiger partial charge in [0, 0.05) is 30.9 Å². The summed E-state index contributed by atoms with van der Waals surface area (Å²) in [5.41, 5.74) is 0.297. The molecule has 1 atom stereocenters. The Bertz CT molecular complexity index is 469. The molecule has 0 radical (unpaired) electrons. The fraction of sp³-hybridized carbons (Fsp3) is 0.571. The summed E-state index contributed by atoms with van der Waals surface area (Å²) in [5, 5.41) is 13.7. The van der Waals surface area contributed by atoms with Crippen molar-refractivity contribution in [3.05, 3.63) is 21.9 Å². The van der Waals surface area contributed by atoms with Crippen molar-refractivity contribution in [2.45, 2.75) is 32.9 Å². The summed E-state index contributed by atoms with van der Waals surface area (Å²) >= 11 is 1.39. The molecule has 20 heavy (non-hydrogen) atoms. The second kappa shape index (κ2) is 7.40. The SMILES string of the molecule is CC(C)CC(NCc1cc(C(=O)O)cs1)C(=O)N(C)C. The lowest BCUT2D eigenvalue weighted by atomic mass is 10.0. The van der Waals surface area contributed by atoms with E-state index in [0.717, 1.165) is 11.3 Å². The Morgan fingerprint density at radius 3 is 2.50 bits per heavy atom. The minimum Gasteiger partial charge on any atom is -0.478 e. The first-order valence-electron chi connectivity index (χ1n) is 6.56. The maximum absolute atomic E-state index is 12.1. The number of aromatic carboxylic acids is 1. The van der Waals surface area contributed by atoms with E-state index in [1.807, 2.05) is 0 Å². The molecule has 2 N–H and O–H groups in total. The summed E-state index contributed by atoms with van der Waals surface area (Å²) in [5.74, 6) is -0.460. The second-order valence-corrected chi connectivity index (χ2v) is 6.40. The van der Waals surface area contributed by atoms with Gasteiger partial charge in [0.15, 0.2) is 0 Å². The highest BCUT2D eigenvalue weighted by molar-refractivity contribution is 7.10. The number of likely N-dealkylation sites (N-methyl/N-ethyl adjacent to an activating group) is 1. The maximum Gasteiger partial charge on any atom is 0.336 e. The second-order valence-electron chi connectivity index (χ2n) is 5.40. The minimum absolute atomic E-state index is 0.0497. The third kappa shape index (κ3) is 4.94. The van der Waals surface area contributed by atoms with Gasteiger partial charge in [0.2, 0.25) is 5.91 Å². The fourth-order valence-corrected chi connectivity index (χ4v) is 2.67. The van der Waals surface area contributed by atoms with E-state index in [1.165, 1.54) is 11.3 Å². The molecular weight excluding hydrogens is 276 g/mol. The molecule has 0 aliphatic carbocycles. The Labute approximate surface area is 123 Å². The van der Waals surface area contributed by atoms with E-state index in [2.05, 4.69) is 19.2 Å². The summed E-state index contributed by atoms with van der Waals surface area (Å²) < 4.78 is 0. The monoisotopic (exact) mass is 298 g/mol. The van der Waals surface area contributed by atoms with Crippen molar-refractivity contribution in [1.29, 1.82) is 0 Å². The van der Waals surface area contributed by atoms with Crippen LogP contribution in [0, 0.1) is 5.92 Å². The number of carbonyl (C=O) groups is 2. The Hall–Kier alpha value is -1.40. The quantitative estimate of drug-likeness (QED) is 0.808. The van der Waals surface area contributed by atoms with Crippen LogP contribution in [0.3, 0.4) is 0 Å². The number of amides is 1. The predicted octanol–water partition coefficient (Wildman–Crippen LogP) is 2.04. The topological polar surface area (TPSA) is 69.6 Å². The van der Waals surface area contributed by atoms with Crippen molar-refractivity contribution in [1.82, 2.24) is 10.2 Å². The van der Waals surface area contributed by atoms with E-state index < -0.39 is 5.97 Å². The first-order chi connectivity index (χ1) is 9.31. The number of thiophene rings is 1. The van der Waals surface area contributed by atoms with Crippen molar-refractivity contribution in [2.24, 2.45) is 5.92 Å². The number of carbonyl (C=O) groups excluding carboxylic acids is 1.